The lowest BCUT2D eigenvalue weighted by atomic mass is 9.88. The average Bonchev–Trinajstić information content (AvgIpc) is 2.34. The molecule has 18 heavy (non-hydrogen) atoms. The van der Waals surface area contributed by atoms with Crippen LogP contribution in [0.1, 0.15) is 105 Å². The largest absolute Gasteiger partial charge is 0.0654 e. The number of rotatable bonds is 13. The topological polar surface area (TPSA) is 0 Å². The lowest BCUT2D eigenvalue weighted by Gasteiger charge is -2.18. The number of unbranched alkanes of at least 4 members (excludes halogenated alkanes) is 7. The van der Waals surface area contributed by atoms with Crippen molar-refractivity contribution in [3.63, 3.8) is 0 Å². The van der Waals surface area contributed by atoms with Crippen LogP contribution in [0.2, 0.25) is 0 Å². The van der Waals surface area contributed by atoms with Crippen LogP contribution in [-0.4, -0.2) is 0 Å². The van der Waals surface area contributed by atoms with Crippen molar-refractivity contribution < 1.29 is 0 Å². The van der Waals surface area contributed by atoms with Crippen LogP contribution in [0, 0.1) is 11.8 Å². The van der Waals surface area contributed by atoms with Crippen LogP contribution in [0.25, 0.3) is 0 Å². The highest BCUT2D eigenvalue weighted by molar-refractivity contribution is 4.62. The van der Waals surface area contributed by atoms with Gasteiger partial charge in [-0.1, -0.05) is 98.3 Å². The third-order valence-electron chi connectivity index (χ3n) is 3.99. The molecule has 0 N–H and O–H groups in total. The van der Waals surface area contributed by atoms with Crippen molar-refractivity contribution in [3.8, 4) is 0 Å². The molecule has 0 heteroatoms. The summed E-state index contributed by atoms with van der Waals surface area (Å²) in [6.07, 6.45) is 17.4. The van der Waals surface area contributed by atoms with Crippen LogP contribution < -0.4 is 0 Å². The minimum atomic E-state index is 0.886. The maximum Gasteiger partial charge on any atom is -0.0412 e. The van der Waals surface area contributed by atoms with Crippen LogP contribution in [0.3, 0.4) is 0 Å². The van der Waals surface area contributed by atoms with Gasteiger partial charge in [0.25, 0.3) is 0 Å². The molecule has 0 aliphatic rings. The third kappa shape index (κ3) is 12.5. The highest BCUT2D eigenvalue weighted by Crippen LogP contribution is 2.24. The van der Waals surface area contributed by atoms with Crippen LogP contribution in [0.15, 0.2) is 0 Å². The van der Waals surface area contributed by atoms with Gasteiger partial charge in [-0.15, -0.1) is 0 Å². The molecule has 0 bridgehead atoms. The maximum absolute atomic E-state index is 2.38. The summed E-state index contributed by atoms with van der Waals surface area (Å²) in [7, 11) is 0. The van der Waals surface area contributed by atoms with E-state index in [1.165, 1.54) is 77.0 Å². The summed E-state index contributed by atoms with van der Waals surface area (Å²) in [5.41, 5.74) is 0. The fourth-order valence-electron chi connectivity index (χ4n) is 2.93. The van der Waals surface area contributed by atoms with Crippen LogP contribution in [-0.2, 0) is 0 Å². The van der Waals surface area contributed by atoms with Gasteiger partial charge in [-0.25, -0.2) is 0 Å². The molecule has 1 unspecified atom stereocenters. The minimum absolute atomic E-state index is 0.886. The fourth-order valence-corrected chi connectivity index (χ4v) is 2.93. The summed E-state index contributed by atoms with van der Waals surface area (Å²) >= 11 is 0. The Hall–Kier alpha value is 0. The van der Waals surface area contributed by atoms with E-state index in [9.17, 15) is 0 Å². The molecular formula is C18H38. The molecule has 0 aliphatic carbocycles. The molecule has 110 valence electrons. The van der Waals surface area contributed by atoms with Gasteiger partial charge in [-0.3, -0.25) is 0 Å². The van der Waals surface area contributed by atoms with E-state index in [4.69, 9.17) is 0 Å². The number of hydrogen-bond donors (Lipinski definition) is 0. The minimum Gasteiger partial charge on any atom is -0.0654 e. The van der Waals surface area contributed by atoms with Crippen molar-refractivity contribution >= 4 is 0 Å². The van der Waals surface area contributed by atoms with Gasteiger partial charge >= 0.3 is 0 Å². The van der Waals surface area contributed by atoms with Crippen molar-refractivity contribution in [2.75, 3.05) is 0 Å². The SMILES string of the molecule is CCCCCCCCCC(CCCC)CC(C)C. The van der Waals surface area contributed by atoms with Crippen molar-refractivity contribution in [1.82, 2.24) is 0 Å². The van der Waals surface area contributed by atoms with E-state index in [0.717, 1.165) is 11.8 Å². The van der Waals surface area contributed by atoms with E-state index in [2.05, 4.69) is 27.7 Å². The molecule has 0 rings (SSSR count). The summed E-state index contributed by atoms with van der Waals surface area (Å²) in [5, 5.41) is 0. The Morgan fingerprint density at radius 1 is 0.611 bits per heavy atom. The number of hydrogen-bond acceptors (Lipinski definition) is 0. The third-order valence-corrected chi connectivity index (χ3v) is 3.99. The maximum atomic E-state index is 2.38. The van der Waals surface area contributed by atoms with Gasteiger partial charge in [-0.05, 0) is 18.3 Å². The van der Waals surface area contributed by atoms with Crippen molar-refractivity contribution in [2.24, 2.45) is 11.8 Å². The molecule has 0 aromatic carbocycles. The molecule has 0 nitrogen and oxygen atoms in total. The van der Waals surface area contributed by atoms with E-state index in [1.54, 1.807) is 0 Å². The molecular weight excluding hydrogens is 216 g/mol. The van der Waals surface area contributed by atoms with E-state index < -0.39 is 0 Å². The van der Waals surface area contributed by atoms with Gasteiger partial charge < -0.3 is 0 Å². The zero-order valence-electron chi connectivity index (χ0n) is 13.6. The molecule has 0 amide bonds. The second-order valence-electron chi connectivity index (χ2n) is 6.55. The first kappa shape index (κ1) is 18.0. The van der Waals surface area contributed by atoms with E-state index in [0.29, 0.717) is 0 Å². The van der Waals surface area contributed by atoms with Crippen molar-refractivity contribution in [3.05, 3.63) is 0 Å². The summed E-state index contributed by atoms with van der Waals surface area (Å²) in [5.74, 6) is 1.90. The van der Waals surface area contributed by atoms with E-state index in [-0.39, 0.29) is 0 Å². The van der Waals surface area contributed by atoms with Crippen molar-refractivity contribution in [2.45, 2.75) is 105 Å². The van der Waals surface area contributed by atoms with Gasteiger partial charge in [0.15, 0.2) is 0 Å². The van der Waals surface area contributed by atoms with Crippen molar-refractivity contribution in [1.29, 1.82) is 0 Å². The Labute approximate surface area is 117 Å². The standard InChI is InChI=1S/C18H38/c1-5-7-9-10-11-12-13-15-18(14-8-6-2)16-17(3)4/h17-18H,5-16H2,1-4H3. The molecule has 0 radical (unpaired) electrons. The monoisotopic (exact) mass is 254 g/mol. The predicted molar refractivity (Wildman–Crippen MR) is 85.1 cm³/mol. The average molecular weight is 255 g/mol. The molecule has 0 aromatic heterocycles. The van der Waals surface area contributed by atoms with Gasteiger partial charge in [0.2, 0.25) is 0 Å². The van der Waals surface area contributed by atoms with Crippen LogP contribution >= 0.6 is 0 Å². The summed E-state index contributed by atoms with van der Waals surface area (Å²) in [4.78, 5) is 0. The Morgan fingerprint density at radius 2 is 1.11 bits per heavy atom. The first-order chi connectivity index (χ1) is 8.70. The summed E-state index contributed by atoms with van der Waals surface area (Å²) < 4.78 is 0. The lowest BCUT2D eigenvalue weighted by Crippen LogP contribution is -2.05. The molecule has 0 aromatic rings. The highest BCUT2D eigenvalue weighted by Gasteiger charge is 2.10. The van der Waals surface area contributed by atoms with Gasteiger partial charge in [-0.2, -0.15) is 0 Å². The van der Waals surface area contributed by atoms with E-state index >= 15 is 0 Å². The first-order valence-corrected chi connectivity index (χ1v) is 8.70. The zero-order valence-corrected chi connectivity index (χ0v) is 13.6. The molecule has 0 aliphatic heterocycles. The smallest absolute Gasteiger partial charge is 0.0412 e. The molecule has 0 spiro atoms. The molecule has 0 fully saturated rings. The Morgan fingerprint density at radius 3 is 1.67 bits per heavy atom. The molecule has 0 heterocycles. The quantitative estimate of drug-likeness (QED) is 0.311. The zero-order chi connectivity index (χ0) is 13.6. The second kappa shape index (κ2) is 13.4. The lowest BCUT2D eigenvalue weighted by molar-refractivity contribution is 0.342. The fraction of sp³-hybridized carbons (Fsp3) is 1.00. The van der Waals surface area contributed by atoms with E-state index in [1.807, 2.05) is 0 Å². The normalized spacial score (nSPS) is 13.2. The second-order valence-corrected chi connectivity index (χ2v) is 6.55. The highest BCUT2D eigenvalue weighted by atomic mass is 14.2. The predicted octanol–water partition coefficient (Wildman–Crippen LogP) is 6.98. The molecule has 0 saturated heterocycles. The van der Waals surface area contributed by atoms with Crippen LogP contribution in [0.4, 0.5) is 0 Å². The van der Waals surface area contributed by atoms with Gasteiger partial charge in [0.05, 0.1) is 0 Å². The summed E-state index contributed by atoms with van der Waals surface area (Å²) in [6.45, 7) is 9.37. The first-order valence-electron chi connectivity index (χ1n) is 8.70. The molecule has 1 atom stereocenters. The molecule has 0 saturated carbocycles. The Kier molecular flexibility index (Phi) is 13.4. The van der Waals surface area contributed by atoms with Gasteiger partial charge in [0.1, 0.15) is 0 Å². The van der Waals surface area contributed by atoms with Gasteiger partial charge in [0, 0.05) is 0 Å². The summed E-state index contributed by atoms with van der Waals surface area (Å²) in [6, 6.07) is 0. The Bertz CT molecular complexity index is 148. The Balaban J connectivity index is 3.49. The van der Waals surface area contributed by atoms with Crippen LogP contribution in [0.5, 0.6) is 0 Å².